The number of aromatic amines is 1. The summed E-state index contributed by atoms with van der Waals surface area (Å²) in [5, 5.41) is 9.54. The van der Waals surface area contributed by atoms with Crippen molar-refractivity contribution in [1.82, 2.24) is 10.2 Å². The summed E-state index contributed by atoms with van der Waals surface area (Å²) in [6.45, 7) is 2.71. The van der Waals surface area contributed by atoms with Gasteiger partial charge < -0.3 is 4.74 Å². The number of hydrogen-bond donors (Lipinski definition) is 2. The number of halogens is 1. The fourth-order valence-electron chi connectivity index (χ4n) is 2.20. The normalized spacial score (nSPS) is 10.8. The third kappa shape index (κ3) is 5.70. The van der Waals surface area contributed by atoms with Crippen molar-refractivity contribution in [3.8, 4) is 5.75 Å². The van der Waals surface area contributed by atoms with Crippen LogP contribution < -0.4 is 15.7 Å². The number of carbonyl (C=O) groups excluding carboxylic acids is 1. The third-order valence-corrected chi connectivity index (χ3v) is 3.95. The van der Waals surface area contributed by atoms with Gasteiger partial charge in [-0.3, -0.25) is 15.0 Å². The zero-order valence-electron chi connectivity index (χ0n) is 14.5. The number of rotatable bonds is 10. The summed E-state index contributed by atoms with van der Waals surface area (Å²) in [7, 11) is 0. The first-order chi connectivity index (χ1) is 12.6. The van der Waals surface area contributed by atoms with Crippen LogP contribution in [0.4, 0.5) is 5.69 Å². The Kier molecular flexibility index (Phi) is 7.82. The van der Waals surface area contributed by atoms with Crippen LogP contribution in [0.2, 0.25) is 5.02 Å². The zero-order chi connectivity index (χ0) is 18.8. The van der Waals surface area contributed by atoms with Gasteiger partial charge in [-0.15, -0.1) is 0 Å². The Bertz CT molecular complexity index is 820. The molecule has 0 aliphatic rings. The highest BCUT2D eigenvalue weighted by molar-refractivity contribution is 6.36. The molecule has 0 saturated heterocycles. The number of Topliss-reactive ketones (excluding diaryl/α,β-unsaturated/α-hetero) is 1. The summed E-state index contributed by atoms with van der Waals surface area (Å²) < 4.78 is 5.72. The molecule has 0 aliphatic carbocycles. The number of ketones is 1. The van der Waals surface area contributed by atoms with Crippen LogP contribution in [-0.2, 0) is 0 Å². The van der Waals surface area contributed by atoms with Crippen molar-refractivity contribution in [3.05, 3.63) is 51.4 Å². The molecule has 2 N–H and O–H groups in total. The van der Waals surface area contributed by atoms with Crippen LogP contribution in [-0.4, -0.2) is 28.8 Å². The maximum absolute atomic E-state index is 12.4. The Morgan fingerprint density at radius 2 is 2.15 bits per heavy atom. The number of hydrogen-bond acceptors (Lipinski definition) is 6. The number of ether oxygens (including phenoxy) is 1. The van der Waals surface area contributed by atoms with Gasteiger partial charge in [0, 0.05) is 0 Å². The average molecular weight is 377 g/mol. The van der Waals surface area contributed by atoms with Crippen molar-refractivity contribution in [2.75, 3.05) is 12.0 Å². The molecule has 26 heavy (non-hydrogen) atoms. The molecule has 0 spiro atoms. The predicted molar refractivity (Wildman–Crippen MR) is 102 cm³/mol. The Hall–Kier alpha value is -2.67. The van der Waals surface area contributed by atoms with E-state index in [0.717, 1.165) is 25.5 Å². The van der Waals surface area contributed by atoms with Crippen LogP contribution in [0, 0.1) is 0 Å². The molecule has 2 rings (SSSR count). The van der Waals surface area contributed by atoms with Gasteiger partial charge in [0.1, 0.15) is 16.5 Å². The molecule has 1 aromatic carbocycles. The average Bonchev–Trinajstić information content (AvgIpc) is 2.65. The molecule has 2 aromatic rings. The lowest BCUT2D eigenvalue weighted by molar-refractivity contribution is 0.106. The summed E-state index contributed by atoms with van der Waals surface area (Å²) in [4.78, 5) is 23.7. The first-order valence-electron chi connectivity index (χ1n) is 8.42. The Morgan fingerprint density at radius 1 is 1.35 bits per heavy atom. The zero-order valence-corrected chi connectivity index (χ0v) is 15.3. The molecule has 8 heteroatoms. The van der Waals surface area contributed by atoms with E-state index in [2.05, 4.69) is 27.6 Å². The molecule has 7 nitrogen and oxygen atoms in total. The minimum Gasteiger partial charge on any atom is -0.493 e. The molecular formula is C18H21ClN4O3. The number of unbranched alkanes of at least 4 members (excludes halogenated alkanes) is 3. The number of aromatic nitrogens is 2. The van der Waals surface area contributed by atoms with Crippen molar-refractivity contribution in [3.63, 3.8) is 0 Å². The Labute approximate surface area is 156 Å². The van der Waals surface area contributed by atoms with Crippen LogP contribution >= 0.6 is 11.6 Å². The van der Waals surface area contributed by atoms with E-state index in [1.165, 1.54) is 12.6 Å². The smallest absolute Gasteiger partial charge is 0.285 e. The lowest BCUT2D eigenvalue weighted by atomic mass is 10.1. The highest BCUT2D eigenvalue weighted by Gasteiger charge is 2.10. The molecule has 0 fully saturated rings. The van der Waals surface area contributed by atoms with Gasteiger partial charge in [-0.25, -0.2) is 5.10 Å². The lowest BCUT2D eigenvalue weighted by Crippen LogP contribution is -2.11. The molecule has 0 amide bonds. The highest BCUT2D eigenvalue weighted by atomic mass is 35.5. The Balaban J connectivity index is 1.98. The van der Waals surface area contributed by atoms with E-state index >= 15 is 0 Å². The van der Waals surface area contributed by atoms with Gasteiger partial charge in [0.15, 0.2) is 0 Å². The van der Waals surface area contributed by atoms with Gasteiger partial charge >= 0.3 is 0 Å². The molecule has 0 atom stereocenters. The SMILES string of the molecule is CCCCCCOc1ccccc1C(=O)/C=N\Nc1cn[nH]c(=O)c1Cl. The van der Waals surface area contributed by atoms with E-state index in [-0.39, 0.29) is 16.5 Å². The second-order valence-corrected chi connectivity index (χ2v) is 5.94. The van der Waals surface area contributed by atoms with Gasteiger partial charge in [-0.1, -0.05) is 49.9 Å². The first kappa shape index (κ1) is 19.7. The molecule has 138 valence electrons. The summed E-state index contributed by atoms with van der Waals surface area (Å²) >= 11 is 5.82. The van der Waals surface area contributed by atoms with E-state index in [0.29, 0.717) is 17.9 Å². The summed E-state index contributed by atoms with van der Waals surface area (Å²) in [6.07, 6.45) is 6.78. The predicted octanol–water partition coefficient (Wildman–Crippen LogP) is 3.66. The van der Waals surface area contributed by atoms with Gasteiger partial charge in [0.05, 0.1) is 24.6 Å². The monoisotopic (exact) mass is 376 g/mol. The van der Waals surface area contributed by atoms with E-state index in [4.69, 9.17) is 16.3 Å². The maximum atomic E-state index is 12.4. The molecular weight excluding hydrogens is 356 g/mol. The largest absolute Gasteiger partial charge is 0.493 e. The van der Waals surface area contributed by atoms with Crippen LogP contribution in [0.3, 0.4) is 0 Å². The molecule has 0 aliphatic heterocycles. The molecule has 0 radical (unpaired) electrons. The van der Waals surface area contributed by atoms with E-state index in [9.17, 15) is 9.59 Å². The number of benzene rings is 1. The maximum Gasteiger partial charge on any atom is 0.285 e. The van der Waals surface area contributed by atoms with Gasteiger partial charge in [0.2, 0.25) is 5.78 Å². The second-order valence-electron chi connectivity index (χ2n) is 5.57. The fraction of sp³-hybridized carbons (Fsp3) is 0.333. The Morgan fingerprint density at radius 3 is 2.96 bits per heavy atom. The number of H-pyrrole nitrogens is 1. The number of nitrogens with one attached hydrogen (secondary N) is 2. The minimum atomic E-state index is -0.542. The number of hydrazone groups is 1. The minimum absolute atomic E-state index is 0.0830. The standard InChI is InChI=1S/C18H21ClN4O3/c1-2-3-4-7-10-26-16-9-6-5-8-13(16)15(24)12-21-22-14-11-20-23-18(25)17(14)19/h5-6,8-9,11-12H,2-4,7,10H2,1H3,(H2,22,23,25)/b21-12-. The lowest BCUT2D eigenvalue weighted by Gasteiger charge is -2.09. The van der Waals surface area contributed by atoms with Crippen LogP contribution in [0.1, 0.15) is 43.0 Å². The van der Waals surface area contributed by atoms with Crippen LogP contribution in [0.25, 0.3) is 0 Å². The molecule has 1 aromatic heterocycles. The van der Waals surface area contributed by atoms with Gasteiger partial charge in [-0.05, 0) is 18.6 Å². The molecule has 1 heterocycles. The number of carbonyl (C=O) groups is 1. The van der Waals surface area contributed by atoms with E-state index in [1.807, 2.05) is 6.07 Å². The van der Waals surface area contributed by atoms with Crippen molar-refractivity contribution in [2.24, 2.45) is 5.10 Å². The highest BCUT2D eigenvalue weighted by Crippen LogP contribution is 2.19. The molecule has 0 bridgehead atoms. The third-order valence-electron chi connectivity index (χ3n) is 3.57. The molecule has 0 saturated carbocycles. The number of para-hydroxylation sites is 1. The van der Waals surface area contributed by atoms with Gasteiger partial charge in [0.25, 0.3) is 5.56 Å². The van der Waals surface area contributed by atoms with Gasteiger partial charge in [-0.2, -0.15) is 10.2 Å². The van der Waals surface area contributed by atoms with Crippen LogP contribution in [0.5, 0.6) is 5.75 Å². The topological polar surface area (TPSA) is 96.4 Å². The van der Waals surface area contributed by atoms with E-state index in [1.54, 1.807) is 18.2 Å². The van der Waals surface area contributed by atoms with Crippen molar-refractivity contribution in [1.29, 1.82) is 0 Å². The van der Waals surface area contributed by atoms with Crippen molar-refractivity contribution < 1.29 is 9.53 Å². The second kappa shape index (κ2) is 10.4. The van der Waals surface area contributed by atoms with Crippen LogP contribution in [0.15, 0.2) is 40.4 Å². The first-order valence-corrected chi connectivity index (χ1v) is 8.79. The summed E-state index contributed by atoms with van der Waals surface area (Å²) in [5.41, 5.74) is 2.62. The molecule has 0 unspecified atom stereocenters. The summed E-state index contributed by atoms with van der Waals surface area (Å²) in [6, 6.07) is 7.01. The van der Waals surface area contributed by atoms with Crippen molar-refractivity contribution in [2.45, 2.75) is 32.6 Å². The van der Waals surface area contributed by atoms with E-state index < -0.39 is 5.56 Å². The number of nitrogens with zero attached hydrogens (tertiary/aromatic N) is 2. The quantitative estimate of drug-likeness (QED) is 0.285. The fourth-order valence-corrected chi connectivity index (χ4v) is 2.33. The summed E-state index contributed by atoms with van der Waals surface area (Å²) in [5.74, 6) is 0.201. The number of anilines is 1. The van der Waals surface area contributed by atoms with Crippen molar-refractivity contribution >= 4 is 29.3 Å².